The van der Waals surface area contributed by atoms with Crippen molar-refractivity contribution in [2.45, 2.75) is 27.7 Å². The van der Waals surface area contributed by atoms with Crippen molar-refractivity contribution in [2.24, 2.45) is 0 Å². The van der Waals surface area contributed by atoms with E-state index in [9.17, 15) is 0 Å². The summed E-state index contributed by atoms with van der Waals surface area (Å²) in [6.45, 7) is 4.99. The Morgan fingerprint density at radius 1 is 1.10 bits per heavy atom. The van der Waals surface area contributed by atoms with E-state index in [0.717, 1.165) is 0 Å². The third-order valence-corrected chi connectivity index (χ3v) is 4.62. The Balaban J connectivity index is 2.43. The smallest absolute Gasteiger partial charge is 0.381 e. The van der Waals surface area contributed by atoms with Crippen molar-refractivity contribution in [3.05, 3.63) is 11.7 Å². The van der Waals surface area contributed by atoms with Crippen LogP contribution in [0.15, 0.2) is 4.42 Å². The van der Waals surface area contributed by atoms with Crippen LogP contribution in [-0.4, -0.2) is 28.2 Å². The minimum atomic E-state index is -2.89. The van der Waals surface area contributed by atoms with Gasteiger partial charge in [0.25, 0.3) is 11.6 Å². The fraction of sp³-hybridized carbons (Fsp3) is 0.545. The van der Waals surface area contributed by atoms with Crippen LogP contribution in [0.3, 0.4) is 0 Å². The number of oxazole rings is 1. The lowest BCUT2D eigenvalue weighted by atomic mass is 10.5. The zero-order valence-corrected chi connectivity index (χ0v) is 13.5. The molecule has 2 aromatic heterocycles. The number of aryl methyl sites for hydroxylation is 2. The molecule has 0 saturated heterocycles. The summed E-state index contributed by atoms with van der Waals surface area (Å²) in [7, 11) is 0. The molecule has 20 heavy (non-hydrogen) atoms. The van der Waals surface area contributed by atoms with E-state index in [4.69, 9.17) is 29.8 Å². The summed E-state index contributed by atoms with van der Waals surface area (Å²) in [5, 5.41) is 0. The fourth-order valence-corrected chi connectivity index (χ4v) is 3.57. The van der Waals surface area contributed by atoms with Crippen molar-refractivity contribution in [1.29, 1.82) is 0 Å². The topological polar surface area (TPSA) is 79.5 Å². The number of fused-ring (bicyclic) bond motifs is 1. The first-order valence-electron chi connectivity index (χ1n) is 6.18. The average molecular weight is 317 g/mol. The summed E-state index contributed by atoms with van der Waals surface area (Å²) < 4.78 is 21.9. The quantitative estimate of drug-likeness (QED) is 0.752. The highest BCUT2D eigenvalue weighted by molar-refractivity contribution is 8.07. The van der Waals surface area contributed by atoms with Crippen LogP contribution in [0.5, 0.6) is 5.88 Å². The lowest BCUT2D eigenvalue weighted by molar-refractivity contribution is 0.216. The highest BCUT2D eigenvalue weighted by Gasteiger charge is 2.25. The van der Waals surface area contributed by atoms with E-state index in [1.165, 1.54) is 0 Å². The van der Waals surface area contributed by atoms with Crippen LogP contribution in [0.2, 0.25) is 0 Å². The van der Waals surface area contributed by atoms with Crippen LogP contribution in [0, 0.1) is 13.8 Å². The number of hydrogen-bond donors (Lipinski definition) is 0. The van der Waals surface area contributed by atoms with Gasteiger partial charge in [-0.05, 0) is 20.8 Å². The van der Waals surface area contributed by atoms with E-state index >= 15 is 0 Å². The second-order valence-electron chi connectivity index (χ2n) is 3.84. The van der Waals surface area contributed by atoms with Gasteiger partial charge < -0.3 is 8.94 Å². The molecule has 0 saturated carbocycles. The van der Waals surface area contributed by atoms with Gasteiger partial charge in [0, 0.05) is 18.7 Å². The summed E-state index contributed by atoms with van der Waals surface area (Å²) in [4.78, 5) is 12.6. The van der Waals surface area contributed by atoms with Gasteiger partial charge in [-0.25, -0.2) is 4.98 Å². The Labute approximate surface area is 121 Å². The van der Waals surface area contributed by atoms with Crippen LogP contribution in [0.1, 0.15) is 25.6 Å². The number of nitrogens with zero attached hydrogens (tertiary/aromatic N) is 3. The Kier molecular flexibility index (Phi) is 4.70. The molecule has 0 aliphatic heterocycles. The van der Waals surface area contributed by atoms with Gasteiger partial charge in [-0.1, -0.05) is 0 Å². The molecule has 7 nitrogen and oxygen atoms in total. The van der Waals surface area contributed by atoms with Gasteiger partial charge in [0.15, 0.2) is 11.4 Å². The molecule has 9 heteroatoms. The predicted molar refractivity (Wildman–Crippen MR) is 77.2 cm³/mol. The van der Waals surface area contributed by atoms with Gasteiger partial charge in [0.05, 0.1) is 13.2 Å². The first-order chi connectivity index (χ1) is 9.47. The molecule has 0 bridgehead atoms. The summed E-state index contributed by atoms with van der Waals surface area (Å²) in [5.74, 6) is 1.21. The molecular formula is C11H16N3O4PS. The highest BCUT2D eigenvalue weighted by Crippen LogP contribution is 2.50. The van der Waals surface area contributed by atoms with E-state index in [0.29, 0.717) is 36.2 Å². The monoisotopic (exact) mass is 317 g/mol. The maximum absolute atomic E-state index is 5.70. The molecule has 0 spiro atoms. The molecular weight excluding hydrogens is 301 g/mol. The van der Waals surface area contributed by atoms with Crippen molar-refractivity contribution in [3.63, 3.8) is 0 Å². The Hall–Kier alpha value is -1.08. The second kappa shape index (κ2) is 6.13. The molecule has 2 rings (SSSR count). The van der Waals surface area contributed by atoms with Crippen molar-refractivity contribution in [2.75, 3.05) is 13.2 Å². The van der Waals surface area contributed by atoms with Crippen molar-refractivity contribution in [1.82, 2.24) is 15.0 Å². The standard InChI is InChI=1S/C11H16N3O4PS/c1-5-15-19(20,16-6-2)18-11-9-10(12-7(3)13-11)17-8(4)14-9/h5-6H2,1-4H3. The second-order valence-corrected chi connectivity index (χ2v) is 6.77. The van der Waals surface area contributed by atoms with Gasteiger partial charge in [-0.2, -0.15) is 9.97 Å². The van der Waals surface area contributed by atoms with Crippen LogP contribution in [0.25, 0.3) is 11.2 Å². The number of rotatable bonds is 6. The molecule has 2 aromatic rings. The largest absolute Gasteiger partial charge is 0.422 e. The maximum atomic E-state index is 5.70. The molecule has 0 aliphatic carbocycles. The van der Waals surface area contributed by atoms with Crippen LogP contribution < -0.4 is 4.52 Å². The normalized spacial score (nSPS) is 12.0. The SMILES string of the molecule is CCOP(=S)(OCC)Oc1nc(C)nc2oc(C)nc12. The van der Waals surface area contributed by atoms with Gasteiger partial charge in [0.1, 0.15) is 5.82 Å². The van der Waals surface area contributed by atoms with Crippen molar-refractivity contribution < 1.29 is 18.0 Å². The van der Waals surface area contributed by atoms with E-state index in [1.54, 1.807) is 13.8 Å². The molecule has 0 N–H and O–H groups in total. The molecule has 0 atom stereocenters. The Morgan fingerprint density at radius 3 is 2.35 bits per heavy atom. The van der Waals surface area contributed by atoms with Gasteiger partial charge in [0.2, 0.25) is 0 Å². The molecule has 0 amide bonds. The molecule has 0 aliphatic rings. The zero-order valence-electron chi connectivity index (χ0n) is 11.7. The summed E-state index contributed by atoms with van der Waals surface area (Å²) in [5.41, 5.74) is 0.779. The van der Waals surface area contributed by atoms with E-state index in [1.807, 2.05) is 13.8 Å². The van der Waals surface area contributed by atoms with Crippen LogP contribution in [0.4, 0.5) is 0 Å². The first-order valence-corrected chi connectivity index (χ1v) is 8.73. The van der Waals surface area contributed by atoms with Crippen molar-refractivity contribution >= 4 is 29.8 Å². The highest BCUT2D eigenvalue weighted by atomic mass is 32.5. The first kappa shape index (κ1) is 15.3. The maximum Gasteiger partial charge on any atom is 0.381 e. The molecule has 0 unspecified atom stereocenters. The van der Waals surface area contributed by atoms with Crippen LogP contribution in [-0.2, 0) is 20.9 Å². The molecule has 0 fully saturated rings. The minimum Gasteiger partial charge on any atom is -0.422 e. The van der Waals surface area contributed by atoms with Gasteiger partial charge in [-0.3, -0.25) is 9.05 Å². The van der Waals surface area contributed by atoms with Crippen LogP contribution >= 0.6 is 6.72 Å². The molecule has 110 valence electrons. The number of hydrogen-bond acceptors (Lipinski definition) is 8. The predicted octanol–water partition coefficient (Wildman–Crippen LogP) is 2.91. The fourth-order valence-electron chi connectivity index (χ4n) is 1.58. The lowest BCUT2D eigenvalue weighted by Crippen LogP contribution is -2.04. The van der Waals surface area contributed by atoms with E-state index in [-0.39, 0.29) is 5.88 Å². The Morgan fingerprint density at radius 2 is 1.75 bits per heavy atom. The Bertz CT molecular complexity index is 650. The van der Waals surface area contributed by atoms with Gasteiger partial charge in [-0.15, -0.1) is 0 Å². The summed E-state index contributed by atoms with van der Waals surface area (Å²) in [6.07, 6.45) is 0. The zero-order chi connectivity index (χ0) is 14.8. The van der Waals surface area contributed by atoms with Crippen molar-refractivity contribution in [3.8, 4) is 5.88 Å². The average Bonchev–Trinajstić information content (AvgIpc) is 2.70. The minimum absolute atomic E-state index is 0.231. The number of aromatic nitrogens is 3. The third-order valence-electron chi connectivity index (χ3n) is 2.22. The summed E-state index contributed by atoms with van der Waals surface area (Å²) in [6, 6.07) is 0. The summed E-state index contributed by atoms with van der Waals surface area (Å²) >= 11 is 5.32. The molecule has 0 radical (unpaired) electrons. The van der Waals surface area contributed by atoms with E-state index in [2.05, 4.69) is 15.0 Å². The molecule has 0 aromatic carbocycles. The lowest BCUT2D eigenvalue weighted by Gasteiger charge is -2.20. The third kappa shape index (κ3) is 3.32. The molecule has 2 heterocycles. The van der Waals surface area contributed by atoms with E-state index < -0.39 is 6.72 Å². The van der Waals surface area contributed by atoms with Gasteiger partial charge >= 0.3 is 6.72 Å².